The van der Waals surface area contributed by atoms with Gasteiger partial charge in [-0.05, 0) is 51.6 Å². The van der Waals surface area contributed by atoms with E-state index in [0.717, 1.165) is 12.0 Å². The summed E-state index contributed by atoms with van der Waals surface area (Å²) in [6.07, 6.45) is 5.39. The SMILES string of the molecule is CCC1(CC)CN(C2CN3CCC2CC3)C(C)CN1. The molecule has 0 saturated carbocycles. The van der Waals surface area contributed by atoms with Crippen molar-refractivity contribution >= 4 is 0 Å². The van der Waals surface area contributed by atoms with Gasteiger partial charge in [0.05, 0.1) is 0 Å². The van der Waals surface area contributed by atoms with Gasteiger partial charge in [-0.2, -0.15) is 0 Å². The third-order valence-corrected chi connectivity index (χ3v) is 6.23. The minimum atomic E-state index is 0.374. The zero-order valence-corrected chi connectivity index (χ0v) is 13.0. The molecule has 0 spiro atoms. The van der Waals surface area contributed by atoms with Crippen molar-refractivity contribution in [3.8, 4) is 0 Å². The second-order valence-electron chi connectivity index (χ2n) is 7.10. The highest BCUT2D eigenvalue weighted by Gasteiger charge is 2.43. The van der Waals surface area contributed by atoms with E-state index < -0.39 is 0 Å². The molecule has 4 fully saturated rings. The number of nitrogens with zero attached hydrogens (tertiary/aromatic N) is 2. The van der Waals surface area contributed by atoms with Crippen molar-refractivity contribution in [3.05, 3.63) is 0 Å². The topological polar surface area (TPSA) is 18.5 Å². The van der Waals surface area contributed by atoms with E-state index >= 15 is 0 Å². The predicted molar refractivity (Wildman–Crippen MR) is 80.4 cm³/mol. The van der Waals surface area contributed by atoms with Crippen LogP contribution in [-0.4, -0.2) is 60.1 Å². The third-order valence-electron chi connectivity index (χ3n) is 6.23. The van der Waals surface area contributed by atoms with Gasteiger partial charge in [-0.3, -0.25) is 4.90 Å². The Morgan fingerprint density at radius 1 is 1.16 bits per heavy atom. The van der Waals surface area contributed by atoms with Crippen LogP contribution in [0.2, 0.25) is 0 Å². The van der Waals surface area contributed by atoms with Gasteiger partial charge >= 0.3 is 0 Å². The molecule has 0 amide bonds. The maximum absolute atomic E-state index is 3.84. The molecule has 3 nitrogen and oxygen atoms in total. The summed E-state index contributed by atoms with van der Waals surface area (Å²) >= 11 is 0. The molecule has 3 heteroatoms. The van der Waals surface area contributed by atoms with Crippen LogP contribution in [0.25, 0.3) is 0 Å². The first-order valence-electron chi connectivity index (χ1n) is 8.40. The highest BCUT2D eigenvalue weighted by molar-refractivity contribution is 5.01. The van der Waals surface area contributed by atoms with Crippen LogP contribution in [0.3, 0.4) is 0 Å². The summed E-state index contributed by atoms with van der Waals surface area (Å²) in [5.74, 6) is 0.969. The first-order valence-corrected chi connectivity index (χ1v) is 8.40. The van der Waals surface area contributed by atoms with Crippen LogP contribution < -0.4 is 5.32 Å². The number of nitrogens with one attached hydrogen (secondary N) is 1. The van der Waals surface area contributed by atoms with E-state index in [2.05, 4.69) is 35.9 Å². The zero-order chi connectivity index (χ0) is 13.5. The van der Waals surface area contributed by atoms with E-state index in [1.165, 1.54) is 58.4 Å². The molecule has 4 rings (SSSR count). The summed E-state index contributed by atoms with van der Waals surface area (Å²) < 4.78 is 0. The molecule has 4 aliphatic heterocycles. The quantitative estimate of drug-likeness (QED) is 0.841. The monoisotopic (exact) mass is 265 g/mol. The molecule has 0 aliphatic carbocycles. The third kappa shape index (κ3) is 2.45. The van der Waals surface area contributed by atoms with Crippen molar-refractivity contribution in [2.45, 2.75) is 64.1 Å². The van der Waals surface area contributed by atoms with Crippen molar-refractivity contribution in [3.63, 3.8) is 0 Å². The molecule has 19 heavy (non-hydrogen) atoms. The van der Waals surface area contributed by atoms with E-state index in [0.29, 0.717) is 11.6 Å². The Bertz CT molecular complexity index is 305. The molecule has 0 aromatic heterocycles. The number of hydrogen-bond donors (Lipinski definition) is 1. The molecule has 2 unspecified atom stereocenters. The fourth-order valence-electron chi connectivity index (χ4n) is 4.52. The fraction of sp³-hybridized carbons (Fsp3) is 1.00. The van der Waals surface area contributed by atoms with Gasteiger partial charge in [0.1, 0.15) is 0 Å². The lowest BCUT2D eigenvalue weighted by atomic mass is 9.80. The van der Waals surface area contributed by atoms with E-state index in [-0.39, 0.29) is 0 Å². The lowest BCUT2D eigenvalue weighted by molar-refractivity contribution is -0.0424. The van der Waals surface area contributed by atoms with Gasteiger partial charge in [-0.25, -0.2) is 0 Å². The summed E-state index contributed by atoms with van der Waals surface area (Å²) in [4.78, 5) is 5.55. The summed E-state index contributed by atoms with van der Waals surface area (Å²) in [5.41, 5.74) is 0.374. The maximum atomic E-state index is 3.84. The average molecular weight is 265 g/mol. The molecule has 0 radical (unpaired) electrons. The standard InChI is InChI=1S/C16H31N3/c1-4-16(5-2)12-19(13(3)10-17-16)15-11-18-8-6-14(15)7-9-18/h13-15,17H,4-12H2,1-3H3. The van der Waals surface area contributed by atoms with Crippen molar-refractivity contribution < 1.29 is 0 Å². The molecule has 0 aromatic carbocycles. The van der Waals surface area contributed by atoms with Gasteiger partial charge in [0.2, 0.25) is 0 Å². The van der Waals surface area contributed by atoms with Gasteiger partial charge in [0, 0.05) is 37.3 Å². The molecule has 2 bridgehead atoms. The smallest absolute Gasteiger partial charge is 0.0304 e. The van der Waals surface area contributed by atoms with Crippen molar-refractivity contribution in [2.75, 3.05) is 32.7 Å². The largest absolute Gasteiger partial charge is 0.308 e. The van der Waals surface area contributed by atoms with Crippen molar-refractivity contribution in [2.24, 2.45) is 5.92 Å². The van der Waals surface area contributed by atoms with Gasteiger partial charge < -0.3 is 10.2 Å². The van der Waals surface area contributed by atoms with Gasteiger partial charge in [0.25, 0.3) is 0 Å². The Hall–Kier alpha value is -0.120. The minimum Gasteiger partial charge on any atom is -0.308 e. The molecule has 4 aliphatic rings. The maximum Gasteiger partial charge on any atom is 0.0304 e. The zero-order valence-electron chi connectivity index (χ0n) is 13.0. The first kappa shape index (κ1) is 13.8. The van der Waals surface area contributed by atoms with E-state index in [1.807, 2.05) is 0 Å². The number of fused-ring (bicyclic) bond motifs is 3. The number of piperazine rings is 1. The summed E-state index contributed by atoms with van der Waals surface area (Å²) in [7, 11) is 0. The van der Waals surface area contributed by atoms with Crippen molar-refractivity contribution in [1.82, 2.24) is 15.1 Å². The Kier molecular flexibility index (Phi) is 3.89. The van der Waals surface area contributed by atoms with E-state index in [4.69, 9.17) is 0 Å². The summed E-state index contributed by atoms with van der Waals surface area (Å²) in [6, 6.07) is 1.54. The second kappa shape index (κ2) is 5.34. The summed E-state index contributed by atoms with van der Waals surface area (Å²) in [6.45, 7) is 13.6. The second-order valence-corrected chi connectivity index (χ2v) is 7.10. The highest BCUT2D eigenvalue weighted by atomic mass is 15.3. The molecular weight excluding hydrogens is 234 g/mol. The summed E-state index contributed by atoms with van der Waals surface area (Å²) in [5, 5.41) is 3.84. The van der Waals surface area contributed by atoms with Gasteiger partial charge in [0.15, 0.2) is 0 Å². The highest BCUT2D eigenvalue weighted by Crippen LogP contribution is 2.34. The number of piperidine rings is 3. The van der Waals surface area contributed by atoms with Crippen LogP contribution in [0.1, 0.15) is 46.5 Å². The van der Waals surface area contributed by atoms with Crippen LogP contribution in [0.5, 0.6) is 0 Å². The predicted octanol–water partition coefficient (Wildman–Crippen LogP) is 1.93. The molecule has 1 N–H and O–H groups in total. The molecular formula is C16H31N3. The van der Waals surface area contributed by atoms with E-state index in [9.17, 15) is 0 Å². The lowest BCUT2D eigenvalue weighted by Crippen LogP contribution is -2.69. The van der Waals surface area contributed by atoms with Crippen molar-refractivity contribution in [1.29, 1.82) is 0 Å². The first-order chi connectivity index (χ1) is 9.17. The Balaban J connectivity index is 1.74. The Morgan fingerprint density at radius 3 is 2.37 bits per heavy atom. The van der Waals surface area contributed by atoms with E-state index in [1.54, 1.807) is 0 Å². The fourth-order valence-corrected chi connectivity index (χ4v) is 4.52. The molecule has 4 saturated heterocycles. The van der Waals surface area contributed by atoms with Crippen LogP contribution in [0, 0.1) is 5.92 Å². The normalized spacial score (nSPS) is 42.5. The molecule has 0 aromatic rings. The minimum absolute atomic E-state index is 0.374. The average Bonchev–Trinajstić information content (AvgIpc) is 2.49. The lowest BCUT2D eigenvalue weighted by Gasteiger charge is -2.55. The van der Waals surface area contributed by atoms with Crippen LogP contribution >= 0.6 is 0 Å². The van der Waals surface area contributed by atoms with Gasteiger partial charge in [-0.1, -0.05) is 13.8 Å². The van der Waals surface area contributed by atoms with Gasteiger partial charge in [-0.15, -0.1) is 0 Å². The van der Waals surface area contributed by atoms with Crippen LogP contribution in [0.4, 0.5) is 0 Å². The Morgan fingerprint density at radius 2 is 1.84 bits per heavy atom. The van der Waals surface area contributed by atoms with Crippen LogP contribution in [0.15, 0.2) is 0 Å². The van der Waals surface area contributed by atoms with Crippen LogP contribution in [-0.2, 0) is 0 Å². The molecule has 2 atom stereocenters. The number of hydrogen-bond acceptors (Lipinski definition) is 3. The molecule has 110 valence electrons. The number of rotatable bonds is 3. The molecule has 4 heterocycles. The Labute approximate surface area is 118 Å².